The number of benzene rings is 1. The van der Waals surface area contributed by atoms with E-state index in [0.717, 1.165) is 12.4 Å². The molecule has 1 spiro atoms. The number of pyridine rings is 1. The van der Waals surface area contributed by atoms with Gasteiger partial charge in [0, 0.05) is 60.8 Å². The molecule has 3 aromatic rings. The number of aromatic nitrogens is 3. The van der Waals surface area contributed by atoms with E-state index in [1.807, 2.05) is 0 Å². The van der Waals surface area contributed by atoms with Gasteiger partial charge in [0.15, 0.2) is 0 Å². The lowest BCUT2D eigenvalue weighted by Gasteiger charge is -2.25. The lowest BCUT2D eigenvalue weighted by Crippen LogP contribution is -2.26. The molecule has 0 radical (unpaired) electrons. The molecule has 3 N–H and O–H groups in total. The summed E-state index contributed by atoms with van der Waals surface area (Å²) in [5.41, 5.74) is 5.47. The van der Waals surface area contributed by atoms with Gasteiger partial charge in [-0.3, -0.25) is 9.48 Å². The molecule has 1 saturated carbocycles. The first kappa shape index (κ1) is 24.4. The number of amides is 1. The summed E-state index contributed by atoms with van der Waals surface area (Å²) in [6, 6.07) is 2.65. The second kappa shape index (κ2) is 8.36. The minimum Gasteiger partial charge on any atom is -0.398 e. The Kier molecular flexibility index (Phi) is 5.66. The molecule has 5 rings (SSSR count). The summed E-state index contributed by atoms with van der Waals surface area (Å²) in [5.74, 6) is -0.814. The zero-order valence-corrected chi connectivity index (χ0v) is 20.2. The van der Waals surface area contributed by atoms with E-state index in [0.29, 0.717) is 42.8 Å². The second-order valence-corrected chi connectivity index (χ2v) is 9.92. The van der Waals surface area contributed by atoms with E-state index in [2.05, 4.69) is 15.4 Å². The minimum atomic E-state index is -4.46. The minimum absolute atomic E-state index is 0.00871. The largest absolute Gasteiger partial charge is 0.419 e. The summed E-state index contributed by atoms with van der Waals surface area (Å²) >= 11 is 6.88. The third-order valence-electron chi connectivity index (χ3n) is 7.11. The average molecular weight is 523 g/mol. The van der Waals surface area contributed by atoms with Crippen LogP contribution in [0.4, 0.5) is 29.1 Å². The maximum absolute atomic E-state index is 15.6. The van der Waals surface area contributed by atoms with E-state index >= 15 is 4.39 Å². The van der Waals surface area contributed by atoms with E-state index in [1.165, 1.54) is 42.0 Å². The van der Waals surface area contributed by atoms with Crippen molar-refractivity contribution in [1.82, 2.24) is 19.7 Å². The number of hydrogen-bond acceptors (Lipinski definition) is 5. The van der Waals surface area contributed by atoms with E-state index in [1.54, 1.807) is 0 Å². The van der Waals surface area contributed by atoms with Crippen molar-refractivity contribution in [1.29, 1.82) is 0 Å². The number of nitrogens with two attached hydrogens (primary N) is 1. The van der Waals surface area contributed by atoms with Crippen molar-refractivity contribution in [2.75, 3.05) is 31.7 Å². The first-order chi connectivity index (χ1) is 16.9. The van der Waals surface area contributed by atoms with Crippen molar-refractivity contribution in [3.63, 3.8) is 0 Å². The van der Waals surface area contributed by atoms with Crippen LogP contribution in [0.15, 0.2) is 30.7 Å². The molecule has 190 valence electrons. The third-order valence-corrected chi connectivity index (χ3v) is 7.50. The summed E-state index contributed by atoms with van der Waals surface area (Å²) in [6.45, 7) is 0.497. The highest BCUT2D eigenvalue weighted by Gasteiger charge is 2.48. The van der Waals surface area contributed by atoms with Gasteiger partial charge in [-0.15, -0.1) is 0 Å². The van der Waals surface area contributed by atoms with Crippen LogP contribution in [0.5, 0.6) is 0 Å². The first-order valence-corrected chi connectivity index (χ1v) is 11.6. The first-order valence-electron chi connectivity index (χ1n) is 11.3. The predicted molar refractivity (Wildman–Crippen MR) is 127 cm³/mol. The van der Waals surface area contributed by atoms with Crippen LogP contribution in [0, 0.1) is 5.82 Å². The quantitative estimate of drug-likeness (QED) is 0.368. The highest BCUT2D eigenvalue weighted by molar-refractivity contribution is 6.34. The number of halogens is 5. The fraction of sp³-hybridized carbons (Fsp3) is 0.375. The van der Waals surface area contributed by atoms with Crippen molar-refractivity contribution in [2.24, 2.45) is 0 Å². The molecule has 7 nitrogen and oxygen atoms in total. The normalized spacial score (nSPS) is 21.0. The molecule has 1 aliphatic carbocycles. The molecule has 0 saturated heterocycles. The van der Waals surface area contributed by atoms with Crippen LogP contribution in [-0.2, 0) is 11.6 Å². The van der Waals surface area contributed by atoms with Crippen LogP contribution in [0.25, 0.3) is 11.1 Å². The maximum atomic E-state index is 15.6. The van der Waals surface area contributed by atoms with Gasteiger partial charge in [0.1, 0.15) is 11.6 Å². The highest BCUT2D eigenvalue weighted by atomic mass is 35.5. The number of anilines is 2. The van der Waals surface area contributed by atoms with E-state index < -0.39 is 28.9 Å². The van der Waals surface area contributed by atoms with Crippen LogP contribution >= 0.6 is 11.6 Å². The number of alkyl halides is 3. The Hall–Kier alpha value is -3.34. The summed E-state index contributed by atoms with van der Waals surface area (Å²) in [7, 11) is 3.00. The fourth-order valence-corrected chi connectivity index (χ4v) is 5.71. The van der Waals surface area contributed by atoms with E-state index in [4.69, 9.17) is 17.3 Å². The number of carbonyl (C=O) groups is 1. The Morgan fingerprint density at radius 1 is 1.28 bits per heavy atom. The van der Waals surface area contributed by atoms with Gasteiger partial charge < -0.3 is 16.0 Å². The van der Waals surface area contributed by atoms with Gasteiger partial charge >= 0.3 is 6.18 Å². The number of nitrogen functional groups attached to an aromatic ring is 1. The van der Waals surface area contributed by atoms with Crippen LogP contribution in [-0.4, -0.2) is 46.2 Å². The van der Waals surface area contributed by atoms with Gasteiger partial charge in [0.05, 0.1) is 28.4 Å². The van der Waals surface area contributed by atoms with Crippen molar-refractivity contribution >= 4 is 29.0 Å². The zero-order valence-electron chi connectivity index (χ0n) is 19.5. The Labute approximate surface area is 209 Å². The molecule has 1 aliphatic heterocycles. The molecule has 12 heteroatoms. The summed E-state index contributed by atoms with van der Waals surface area (Å²) in [4.78, 5) is 18.2. The molecule has 0 bridgehead atoms. The monoisotopic (exact) mass is 522 g/mol. The molecule has 3 heterocycles. The lowest BCUT2D eigenvalue weighted by molar-refractivity contribution is -0.137. The van der Waals surface area contributed by atoms with Crippen LogP contribution in [0.2, 0.25) is 5.02 Å². The molecule has 2 aromatic heterocycles. The number of nitrogens with zero attached hydrogens (tertiary/aromatic N) is 4. The van der Waals surface area contributed by atoms with Gasteiger partial charge in [0.2, 0.25) is 0 Å². The Morgan fingerprint density at radius 2 is 2.03 bits per heavy atom. The van der Waals surface area contributed by atoms with Gasteiger partial charge in [-0.2, -0.15) is 18.3 Å². The maximum Gasteiger partial charge on any atom is 0.419 e. The number of nitrogens with one attached hydrogen (secondary N) is 1. The number of rotatable bonds is 3. The summed E-state index contributed by atoms with van der Waals surface area (Å²) in [5, 5.41) is 7.48. The van der Waals surface area contributed by atoms with E-state index in [9.17, 15) is 18.0 Å². The molecule has 0 unspecified atom stereocenters. The number of hydrogen-bond donors (Lipinski definition) is 2. The molecular weight excluding hydrogens is 500 g/mol. The third kappa shape index (κ3) is 3.76. The number of carbonyl (C=O) groups excluding carboxylic acids is 1. The van der Waals surface area contributed by atoms with Crippen molar-refractivity contribution in [3.05, 3.63) is 58.3 Å². The topological polar surface area (TPSA) is 89.1 Å². The van der Waals surface area contributed by atoms with E-state index in [-0.39, 0.29) is 27.9 Å². The average Bonchev–Trinajstić information content (AvgIpc) is 3.54. The Balaban J connectivity index is 1.54. The van der Waals surface area contributed by atoms with Gasteiger partial charge in [-0.1, -0.05) is 11.6 Å². The molecule has 2 aliphatic rings. The zero-order chi connectivity index (χ0) is 26.0. The molecule has 1 fully saturated rings. The fourth-order valence-electron chi connectivity index (χ4n) is 5.27. The van der Waals surface area contributed by atoms with Crippen LogP contribution in [0.3, 0.4) is 0 Å². The molecule has 36 heavy (non-hydrogen) atoms. The van der Waals surface area contributed by atoms with Crippen molar-refractivity contribution < 1.29 is 22.4 Å². The van der Waals surface area contributed by atoms with Gasteiger partial charge in [-0.05, 0) is 31.4 Å². The lowest BCUT2D eigenvalue weighted by atomic mass is 9.80. The standard InChI is InChI=1S/C24H23ClF4N6O/c1-34(2)22(36)17-16(30)4-3-14(20(17)26)15-9-31-21-18(19(15)25)23(11-32-21)6-5-13(7-23)35-10-12(8-33-35)24(27,28)29/h3-4,8-10,13H,5-7,11,30H2,1-2H3,(H,31,32)/t13-,23-/m0/s1. The van der Waals surface area contributed by atoms with Gasteiger partial charge in [0.25, 0.3) is 5.91 Å². The highest BCUT2D eigenvalue weighted by Crippen LogP contribution is 2.54. The predicted octanol–water partition coefficient (Wildman–Crippen LogP) is 5.13. The Bertz CT molecular complexity index is 1370. The molecular formula is C24H23ClF4N6O. The van der Waals surface area contributed by atoms with Crippen molar-refractivity contribution in [3.8, 4) is 11.1 Å². The molecule has 1 aromatic carbocycles. The van der Waals surface area contributed by atoms with Crippen LogP contribution < -0.4 is 11.1 Å². The Morgan fingerprint density at radius 3 is 2.69 bits per heavy atom. The van der Waals surface area contributed by atoms with Crippen LogP contribution in [0.1, 0.15) is 46.8 Å². The molecule has 2 atom stereocenters. The van der Waals surface area contributed by atoms with Gasteiger partial charge in [-0.25, -0.2) is 9.37 Å². The smallest absolute Gasteiger partial charge is 0.398 e. The van der Waals surface area contributed by atoms with Crippen molar-refractivity contribution in [2.45, 2.75) is 36.9 Å². The number of fused-ring (bicyclic) bond motifs is 2. The SMILES string of the molecule is CN(C)C(=O)c1c(N)ccc(-c2cnc3c(c2Cl)[C@]2(CC[C@H](n4cc(C(F)(F)F)cn4)C2)CN3)c1F. The summed E-state index contributed by atoms with van der Waals surface area (Å²) in [6.07, 6.45) is 0.558. The second-order valence-electron chi connectivity index (χ2n) is 9.54. The molecule has 1 amide bonds. The summed E-state index contributed by atoms with van der Waals surface area (Å²) < 4.78 is 56.1.